The van der Waals surface area contributed by atoms with Crippen LogP contribution < -0.4 is 15.0 Å². The standard InChI is InChI=1S/C18H20N2O6/c1-4-9-20-17(22)8-6-14(19-20)18(23)26-11-15(21)13-10-12(24-2)5-7-16(13)25-3/h5-8,10H,4,9,11H2,1-3H3. The van der Waals surface area contributed by atoms with Crippen molar-refractivity contribution in [2.45, 2.75) is 19.9 Å². The summed E-state index contributed by atoms with van der Waals surface area (Å²) in [6, 6.07) is 7.27. The Bertz CT molecular complexity index is 859. The van der Waals surface area contributed by atoms with Gasteiger partial charge in [0, 0.05) is 12.6 Å². The average molecular weight is 360 g/mol. The molecule has 2 rings (SSSR count). The van der Waals surface area contributed by atoms with Crippen LogP contribution in [0, 0.1) is 0 Å². The third-order valence-corrected chi connectivity index (χ3v) is 3.55. The summed E-state index contributed by atoms with van der Waals surface area (Å²) in [6.45, 7) is 1.79. The van der Waals surface area contributed by atoms with Crippen molar-refractivity contribution in [3.05, 3.63) is 51.9 Å². The first-order valence-corrected chi connectivity index (χ1v) is 8.00. The minimum Gasteiger partial charge on any atom is -0.497 e. The molecule has 0 saturated heterocycles. The first kappa shape index (κ1) is 19.2. The topological polar surface area (TPSA) is 96.7 Å². The van der Waals surface area contributed by atoms with Crippen molar-refractivity contribution >= 4 is 11.8 Å². The van der Waals surface area contributed by atoms with E-state index in [1.165, 1.54) is 37.1 Å². The second kappa shape index (κ2) is 8.80. The molecule has 0 bridgehead atoms. The molecule has 8 nitrogen and oxygen atoms in total. The molecule has 0 N–H and O–H groups in total. The van der Waals surface area contributed by atoms with Crippen LogP contribution in [-0.2, 0) is 11.3 Å². The molecule has 0 atom stereocenters. The van der Waals surface area contributed by atoms with Gasteiger partial charge in [0.1, 0.15) is 11.5 Å². The summed E-state index contributed by atoms with van der Waals surface area (Å²) in [5.74, 6) is -0.406. The molecule has 1 aromatic heterocycles. The number of aryl methyl sites for hydroxylation is 1. The quantitative estimate of drug-likeness (QED) is 0.522. The van der Waals surface area contributed by atoms with Gasteiger partial charge in [-0.15, -0.1) is 0 Å². The van der Waals surface area contributed by atoms with E-state index in [0.717, 1.165) is 0 Å². The highest BCUT2D eigenvalue weighted by Crippen LogP contribution is 2.24. The molecule has 0 fully saturated rings. The lowest BCUT2D eigenvalue weighted by Crippen LogP contribution is -2.25. The molecule has 26 heavy (non-hydrogen) atoms. The maximum atomic E-state index is 12.4. The van der Waals surface area contributed by atoms with Gasteiger partial charge in [0.2, 0.25) is 5.78 Å². The molecule has 0 radical (unpaired) electrons. The molecule has 138 valence electrons. The largest absolute Gasteiger partial charge is 0.497 e. The number of benzene rings is 1. The van der Waals surface area contributed by atoms with Crippen molar-refractivity contribution in [2.75, 3.05) is 20.8 Å². The molecule has 8 heteroatoms. The highest BCUT2D eigenvalue weighted by Gasteiger charge is 2.18. The van der Waals surface area contributed by atoms with Crippen LogP contribution in [0.2, 0.25) is 0 Å². The highest BCUT2D eigenvalue weighted by atomic mass is 16.5. The van der Waals surface area contributed by atoms with E-state index in [4.69, 9.17) is 14.2 Å². The Hall–Kier alpha value is -3.16. The fraction of sp³-hybridized carbons (Fsp3) is 0.333. The van der Waals surface area contributed by atoms with Gasteiger partial charge in [-0.05, 0) is 30.7 Å². The number of Topliss-reactive ketones (excluding diaryl/α,β-unsaturated/α-hetero) is 1. The molecule has 0 aliphatic rings. The van der Waals surface area contributed by atoms with Crippen molar-refractivity contribution in [1.29, 1.82) is 0 Å². The fourth-order valence-electron chi connectivity index (χ4n) is 2.24. The van der Waals surface area contributed by atoms with E-state index in [1.807, 2.05) is 6.92 Å². The molecule has 1 heterocycles. The summed E-state index contributed by atoms with van der Waals surface area (Å²) in [5.41, 5.74) is -0.104. The van der Waals surface area contributed by atoms with Gasteiger partial charge in [0.15, 0.2) is 12.3 Å². The summed E-state index contributed by atoms with van der Waals surface area (Å²) >= 11 is 0. The van der Waals surface area contributed by atoms with Crippen LogP contribution in [0.25, 0.3) is 0 Å². The molecule has 0 amide bonds. The summed E-state index contributed by atoms with van der Waals surface area (Å²) in [4.78, 5) is 36.1. The molecule has 1 aromatic carbocycles. The van der Waals surface area contributed by atoms with Crippen LogP contribution in [0.4, 0.5) is 0 Å². The Morgan fingerprint density at radius 2 is 1.88 bits per heavy atom. The maximum absolute atomic E-state index is 12.4. The van der Waals surface area contributed by atoms with Crippen LogP contribution in [-0.4, -0.2) is 42.4 Å². The Morgan fingerprint density at radius 1 is 1.12 bits per heavy atom. The molecule has 0 aliphatic heterocycles. The first-order chi connectivity index (χ1) is 12.5. The zero-order valence-electron chi connectivity index (χ0n) is 14.9. The highest BCUT2D eigenvalue weighted by molar-refractivity contribution is 6.01. The van der Waals surface area contributed by atoms with E-state index < -0.39 is 18.4 Å². The number of carbonyl (C=O) groups is 2. The number of nitrogens with zero attached hydrogens (tertiary/aromatic N) is 2. The number of ketones is 1. The molecule has 0 unspecified atom stereocenters. The van der Waals surface area contributed by atoms with E-state index in [-0.39, 0.29) is 16.8 Å². The van der Waals surface area contributed by atoms with Crippen LogP contribution >= 0.6 is 0 Å². The van der Waals surface area contributed by atoms with Crippen LogP contribution in [0.3, 0.4) is 0 Å². The van der Waals surface area contributed by atoms with Gasteiger partial charge < -0.3 is 14.2 Å². The zero-order chi connectivity index (χ0) is 19.1. The van der Waals surface area contributed by atoms with Crippen molar-refractivity contribution in [2.24, 2.45) is 0 Å². The molecule has 0 aliphatic carbocycles. The van der Waals surface area contributed by atoms with Gasteiger partial charge in [0.25, 0.3) is 5.56 Å². The van der Waals surface area contributed by atoms with Crippen molar-refractivity contribution < 1.29 is 23.8 Å². The predicted octanol–water partition coefficient (Wildman–Crippen LogP) is 1.71. The van der Waals surface area contributed by atoms with Crippen LogP contribution in [0.1, 0.15) is 34.2 Å². The lowest BCUT2D eigenvalue weighted by atomic mass is 10.1. The van der Waals surface area contributed by atoms with E-state index in [1.54, 1.807) is 12.1 Å². The van der Waals surface area contributed by atoms with E-state index in [2.05, 4.69) is 5.10 Å². The number of ether oxygens (including phenoxy) is 3. The summed E-state index contributed by atoms with van der Waals surface area (Å²) in [6.07, 6.45) is 0.694. The molecular formula is C18H20N2O6. The Kier molecular flexibility index (Phi) is 6.48. The van der Waals surface area contributed by atoms with Gasteiger partial charge >= 0.3 is 5.97 Å². The normalized spacial score (nSPS) is 10.3. The first-order valence-electron chi connectivity index (χ1n) is 8.00. The second-order valence-electron chi connectivity index (χ2n) is 5.35. The molecule has 0 saturated carbocycles. The van der Waals surface area contributed by atoms with Gasteiger partial charge in [0.05, 0.1) is 19.8 Å². The summed E-state index contributed by atoms with van der Waals surface area (Å²) in [7, 11) is 2.92. The number of aromatic nitrogens is 2. The fourth-order valence-corrected chi connectivity index (χ4v) is 2.24. The Labute approximate surface area is 150 Å². The number of methoxy groups -OCH3 is 2. The number of rotatable bonds is 8. The molecule has 0 spiro atoms. The van der Waals surface area contributed by atoms with Crippen molar-refractivity contribution in [3.63, 3.8) is 0 Å². The van der Waals surface area contributed by atoms with E-state index >= 15 is 0 Å². The molecule has 2 aromatic rings. The van der Waals surface area contributed by atoms with Crippen LogP contribution in [0.5, 0.6) is 11.5 Å². The van der Waals surface area contributed by atoms with Gasteiger partial charge in [-0.1, -0.05) is 6.92 Å². The van der Waals surface area contributed by atoms with Crippen LogP contribution in [0.15, 0.2) is 35.1 Å². The number of hydrogen-bond acceptors (Lipinski definition) is 7. The number of carbonyl (C=O) groups excluding carboxylic acids is 2. The minimum atomic E-state index is -0.787. The third-order valence-electron chi connectivity index (χ3n) is 3.55. The summed E-state index contributed by atoms with van der Waals surface area (Å²) in [5, 5.41) is 3.95. The lowest BCUT2D eigenvalue weighted by Gasteiger charge is -2.10. The zero-order valence-corrected chi connectivity index (χ0v) is 14.9. The van der Waals surface area contributed by atoms with Gasteiger partial charge in [-0.25, -0.2) is 9.48 Å². The van der Waals surface area contributed by atoms with E-state index in [9.17, 15) is 14.4 Å². The second-order valence-corrected chi connectivity index (χ2v) is 5.35. The van der Waals surface area contributed by atoms with Crippen molar-refractivity contribution in [3.8, 4) is 11.5 Å². The lowest BCUT2D eigenvalue weighted by molar-refractivity contribution is 0.0465. The van der Waals surface area contributed by atoms with Crippen molar-refractivity contribution in [1.82, 2.24) is 9.78 Å². The average Bonchev–Trinajstić information content (AvgIpc) is 2.67. The Morgan fingerprint density at radius 3 is 2.54 bits per heavy atom. The van der Waals surface area contributed by atoms with Gasteiger partial charge in [-0.2, -0.15) is 5.10 Å². The smallest absolute Gasteiger partial charge is 0.359 e. The molecular weight excluding hydrogens is 340 g/mol. The van der Waals surface area contributed by atoms with Gasteiger partial charge in [-0.3, -0.25) is 9.59 Å². The minimum absolute atomic E-state index is 0.0385. The number of esters is 1. The monoisotopic (exact) mass is 360 g/mol. The third kappa shape index (κ3) is 4.47. The van der Waals surface area contributed by atoms with E-state index in [0.29, 0.717) is 24.5 Å². The SMILES string of the molecule is CCCn1nc(C(=O)OCC(=O)c2cc(OC)ccc2OC)ccc1=O. The predicted molar refractivity (Wildman–Crippen MR) is 92.9 cm³/mol. The summed E-state index contributed by atoms with van der Waals surface area (Å²) < 4.78 is 16.4. The Balaban J connectivity index is 2.11. The maximum Gasteiger partial charge on any atom is 0.359 e. The number of hydrogen-bond donors (Lipinski definition) is 0.